The maximum absolute atomic E-state index is 11.5. The predicted molar refractivity (Wildman–Crippen MR) is 50.3 cm³/mol. The van der Waals surface area contributed by atoms with E-state index in [0.717, 1.165) is 0 Å². The zero-order valence-electron chi connectivity index (χ0n) is 8.32. The van der Waals surface area contributed by atoms with Gasteiger partial charge in [0.05, 0.1) is 12.2 Å². The molecule has 76 valence electrons. The van der Waals surface area contributed by atoms with Gasteiger partial charge in [-0.15, -0.1) is 0 Å². The van der Waals surface area contributed by atoms with Gasteiger partial charge in [0, 0.05) is 26.1 Å². The smallest absolute Gasteiger partial charge is 0.224 e. The molecule has 0 aliphatic carbocycles. The number of carbonyl (C=O) groups is 1. The van der Waals surface area contributed by atoms with E-state index in [9.17, 15) is 4.79 Å². The zero-order valence-corrected chi connectivity index (χ0v) is 8.32. The molecule has 0 bridgehead atoms. The number of ether oxygens (including phenoxy) is 1. The van der Waals surface area contributed by atoms with Crippen LogP contribution in [0.15, 0.2) is 0 Å². The molecule has 2 N–H and O–H groups in total. The molecule has 1 rings (SSSR count). The molecular weight excluding hydrogens is 168 g/mol. The van der Waals surface area contributed by atoms with Crippen LogP contribution >= 0.6 is 0 Å². The van der Waals surface area contributed by atoms with Crippen LogP contribution in [-0.4, -0.2) is 42.6 Å². The second kappa shape index (κ2) is 4.58. The van der Waals surface area contributed by atoms with Gasteiger partial charge in [0.15, 0.2) is 0 Å². The maximum atomic E-state index is 11.5. The molecule has 0 aromatic heterocycles. The Bertz CT molecular complexity index is 174. The summed E-state index contributed by atoms with van der Waals surface area (Å²) in [6.07, 6.45) is 0.732. The average molecular weight is 186 g/mol. The van der Waals surface area contributed by atoms with Crippen molar-refractivity contribution in [2.24, 2.45) is 5.73 Å². The van der Waals surface area contributed by atoms with Crippen LogP contribution in [0.25, 0.3) is 0 Å². The fourth-order valence-electron chi connectivity index (χ4n) is 1.66. The van der Waals surface area contributed by atoms with Crippen molar-refractivity contribution in [1.29, 1.82) is 0 Å². The highest BCUT2D eigenvalue weighted by molar-refractivity contribution is 5.76. The topological polar surface area (TPSA) is 55.6 Å². The number of hydrogen-bond donors (Lipinski definition) is 1. The Morgan fingerprint density at radius 1 is 1.46 bits per heavy atom. The highest BCUT2D eigenvalue weighted by Gasteiger charge is 2.24. The molecule has 13 heavy (non-hydrogen) atoms. The molecule has 0 aromatic carbocycles. The molecule has 1 amide bonds. The number of morpholine rings is 1. The number of hydrogen-bond acceptors (Lipinski definition) is 3. The van der Waals surface area contributed by atoms with Crippen LogP contribution in [0.1, 0.15) is 20.3 Å². The number of nitrogens with two attached hydrogens (primary N) is 1. The van der Waals surface area contributed by atoms with Crippen LogP contribution in [0.3, 0.4) is 0 Å². The van der Waals surface area contributed by atoms with Crippen molar-refractivity contribution in [3.05, 3.63) is 0 Å². The van der Waals surface area contributed by atoms with Gasteiger partial charge in [-0.2, -0.15) is 0 Å². The highest BCUT2D eigenvalue weighted by Crippen LogP contribution is 2.11. The van der Waals surface area contributed by atoms with Crippen LogP contribution in [0, 0.1) is 0 Å². The van der Waals surface area contributed by atoms with Crippen molar-refractivity contribution in [2.45, 2.75) is 32.5 Å². The first-order valence-electron chi connectivity index (χ1n) is 4.76. The van der Waals surface area contributed by atoms with Crippen molar-refractivity contribution in [3.63, 3.8) is 0 Å². The summed E-state index contributed by atoms with van der Waals surface area (Å²) in [5.41, 5.74) is 5.33. The Kier molecular flexibility index (Phi) is 3.69. The molecule has 1 heterocycles. The summed E-state index contributed by atoms with van der Waals surface area (Å²) in [5.74, 6) is 0.143. The summed E-state index contributed by atoms with van der Waals surface area (Å²) in [5, 5.41) is 0. The fourth-order valence-corrected chi connectivity index (χ4v) is 1.66. The lowest BCUT2D eigenvalue weighted by Gasteiger charge is -2.35. The fraction of sp³-hybridized carbons (Fsp3) is 0.889. The van der Waals surface area contributed by atoms with Crippen LogP contribution in [0.2, 0.25) is 0 Å². The predicted octanol–water partition coefficient (Wildman–Crippen LogP) is -0.0290. The zero-order chi connectivity index (χ0) is 9.84. The second-order valence-electron chi connectivity index (χ2n) is 3.59. The van der Waals surface area contributed by atoms with E-state index in [-0.39, 0.29) is 18.1 Å². The molecule has 1 aliphatic rings. The standard InChI is InChI=1S/C9H18N2O2/c1-7-5-11(6-8(2)13-7)9(12)3-4-10/h7-8H,3-6,10H2,1-2H3/t7-,8+. The molecule has 1 aliphatic heterocycles. The summed E-state index contributed by atoms with van der Waals surface area (Å²) in [4.78, 5) is 13.3. The van der Waals surface area contributed by atoms with E-state index >= 15 is 0 Å². The Labute approximate surface area is 79.0 Å². The SMILES string of the molecule is C[C@@H]1CN(C(=O)CCN)C[C@H](C)O1. The normalized spacial score (nSPS) is 29.0. The monoisotopic (exact) mass is 186 g/mol. The lowest BCUT2D eigenvalue weighted by Crippen LogP contribution is -2.48. The van der Waals surface area contributed by atoms with E-state index in [1.807, 2.05) is 18.7 Å². The molecule has 1 fully saturated rings. The van der Waals surface area contributed by atoms with Crippen LogP contribution in [0.5, 0.6) is 0 Å². The van der Waals surface area contributed by atoms with Gasteiger partial charge in [-0.3, -0.25) is 4.79 Å². The number of amides is 1. The van der Waals surface area contributed by atoms with Gasteiger partial charge in [0.2, 0.25) is 5.91 Å². The first kappa shape index (κ1) is 10.5. The van der Waals surface area contributed by atoms with Crippen LogP contribution < -0.4 is 5.73 Å². The van der Waals surface area contributed by atoms with Gasteiger partial charge in [-0.1, -0.05) is 0 Å². The molecule has 0 saturated carbocycles. The number of carbonyl (C=O) groups excluding carboxylic acids is 1. The van der Waals surface area contributed by atoms with Crippen molar-refractivity contribution in [1.82, 2.24) is 4.90 Å². The number of rotatable bonds is 2. The van der Waals surface area contributed by atoms with E-state index < -0.39 is 0 Å². The highest BCUT2D eigenvalue weighted by atomic mass is 16.5. The average Bonchev–Trinajstić information content (AvgIpc) is 2.03. The molecule has 0 aromatic rings. The molecule has 0 unspecified atom stereocenters. The molecule has 0 spiro atoms. The van der Waals surface area contributed by atoms with Gasteiger partial charge in [-0.25, -0.2) is 0 Å². The molecular formula is C9H18N2O2. The minimum Gasteiger partial charge on any atom is -0.372 e. The quantitative estimate of drug-likeness (QED) is 0.659. The van der Waals surface area contributed by atoms with Gasteiger partial charge in [-0.05, 0) is 13.8 Å². The minimum absolute atomic E-state index is 0.143. The molecule has 4 heteroatoms. The number of nitrogens with zero attached hydrogens (tertiary/aromatic N) is 1. The van der Waals surface area contributed by atoms with Crippen LogP contribution in [-0.2, 0) is 9.53 Å². The third kappa shape index (κ3) is 2.97. The molecule has 1 saturated heterocycles. The van der Waals surface area contributed by atoms with E-state index in [0.29, 0.717) is 26.1 Å². The summed E-state index contributed by atoms with van der Waals surface area (Å²) in [6, 6.07) is 0. The first-order chi connectivity index (χ1) is 6.13. The Balaban J connectivity index is 2.45. The van der Waals surface area contributed by atoms with Crippen molar-refractivity contribution in [2.75, 3.05) is 19.6 Å². The molecule has 2 atom stereocenters. The largest absolute Gasteiger partial charge is 0.372 e. The summed E-state index contributed by atoms with van der Waals surface area (Å²) in [7, 11) is 0. The summed E-state index contributed by atoms with van der Waals surface area (Å²) >= 11 is 0. The third-order valence-electron chi connectivity index (χ3n) is 2.13. The first-order valence-corrected chi connectivity index (χ1v) is 4.76. The molecule has 0 radical (unpaired) electrons. The minimum atomic E-state index is 0.143. The summed E-state index contributed by atoms with van der Waals surface area (Å²) in [6.45, 7) is 5.79. The maximum Gasteiger partial charge on any atom is 0.224 e. The van der Waals surface area contributed by atoms with E-state index in [4.69, 9.17) is 10.5 Å². The van der Waals surface area contributed by atoms with Gasteiger partial charge >= 0.3 is 0 Å². The van der Waals surface area contributed by atoms with E-state index in [1.165, 1.54) is 0 Å². The Morgan fingerprint density at radius 2 is 2.00 bits per heavy atom. The summed E-state index contributed by atoms with van der Waals surface area (Å²) < 4.78 is 5.52. The van der Waals surface area contributed by atoms with Crippen molar-refractivity contribution < 1.29 is 9.53 Å². The third-order valence-corrected chi connectivity index (χ3v) is 2.13. The lowest BCUT2D eigenvalue weighted by atomic mass is 10.2. The van der Waals surface area contributed by atoms with E-state index in [1.54, 1.807) is 0 Å². The lowest BCUT2D eigenvalue weighted by molar-refractivity contribution is -0.142. The van der Waals surface area contributed by atoms with E-state index in [2.05, 4.69) is 0 Å². The Hall–Kier alpha value is -0.610. The van der Waals surface area contributed by atoms with Crippen molar-refractivity contribution in [3.8, 4) is 0 Å². The van der Waals surface area contributed by atoms with Crippen LogP contribution in [0.4, 0.5) is 0 Å². The van der Waals surface area contributed by atoms with Crippen molar-refractivity contribution >= 4 is 5.91 Å². The van der Waals surface area contributed by atoms with Gasteiger partial charge in [0.25, 0.3) is 0 Å². The molecule has 4 nitrogen and oxygen atoms in total. The van der Waals surface area contributed by atoms with Gasteiger partial charge in [0.1, 0.15) is 0 Å². The Morgan fingerprint density at radius 3 is 2.46 bits per heavy atom. The second-order valence-corrected chi connectivity index (χ2v) is 3.59. The van der Waals surface area contributed by atoms with Gasteiger partial charge < -0.3 is 15.4 Å².